The Balaban J connectivity index is 1.83. The number of amidine groups is 1. The molecule has 1 aromatic carbocycles. The highest BCUT2D eigenvalue weighted by Crippen LogP contribution is 2.36. The second-order valence-corrected chi connectivity index (χ2v) is 6.86. The van der Waals surface area contributed by atoms with Gasteiger partial charge in [-0.1, -0.05) is 23.8 Å². The fourth-order valence-electron chi connectivity index (χ4n) is 2.37. The SMILES string of the molecule is C/C(=C\C(N)=Nc1nc(Nc2ccccc2C)ncc1Br)C1CC1. The summed E-state index contributed by atoms with van der Waals surface area (Å²) in [5.74, 6) is 2.13. The molecule has 2 aromatic rings. The summed E-state index contributed by atoms with van der Waals surface area (Å²) in [7, 11) is 0. The molecule has 0 atom stereocenters. The van der Waals surface area contributed by atoms with Crippen molar-refractivity contribution in [1.82, 2.24) is 9.97 Å². The smallest absolute Gasteiger partial charge is 0.229 e. The largest absolute Gasteiger partial charge is 0.384 e. The van der Waals surface area contributed by atoms with Gasteiger partial charge in [-0.2, -0.15) is 4.98 Å². The van der Waals surface area contributed by atoms with Crippen molar-refractivity contribution >= 4 is 39.2 Å². The number of nitrogens with two attached hydrogens (primary N) is 1. The molecule has 1 fully saturated rings. The van der Waals surface area contributed by atoms with E-state index in [4.69, 9.17) is 5.73 Å². The molecule has 24 heavy (non-hydrogen) atoms. The molecule has 0 aliphatic heterocycles. The minimum atomic E-state index is 0.459. The molecule has 6 heteroatoms. The number of anilines is 2. The maximum Gasteiger partial charge on any atom is 0.229 e. The molecule has 5 nitrogen and oxygen atoms in total. The first-order valence-electron chi connectivity index (χ1n) is 7.90. The van der Waals surface area contributed by atoms with Gasteiger partial charge in [-0.25, -0.2) is 9.98 Å². The van der Waals surface area contributed by atoms with Gasteiger partial charge in [0.25, 0.3) is 0 Å². The zero-order chi connectivity index (χ0) is 17.1. The van der Waals surface area contributed by atoms with Crippen molar-refractivity contribution in [3.05, 3.63) is 52.1 Å². The molecule has 1 aliphatic carbocycles. The minimum Gasteiger partial charge on any atom is -0.384 e. The van der Waals surface area contributed by atoms with Crippen molar-refractivity contribution in [2.45, 2.75) is 26.7 Å². The Bertz CT molecular complexity index is 809. The molecule has 0 unspecified atom stereocenters. The van der Waals surface area contributed by atoms with Crippen LogP contribution >= 0.6 is 15.9 Å². The number of halogens is 1. The van der Waals surface area contributed by atoms with Gasteiger partial charge in [-0.3, -0.25) is 0 Å². The molecule has 124 valence electrons. The molecule has 1 saturated carbocycles. The number of rotatable bonds is 5. The van der Waals surface area contributed by atoms with Gasteiger partial charge >= 0.3 is 0 Å². The Kier molecular flexibility index (Phi) is 4.94. The molecule has 3 N–H and O–H groups in total. The van der Waals surface area contributed by atoms with Crippen molar-refractivity contribution < 1.29 is 0 Å². The molecule has 1 aromatic heterocycles. The molecule has 0 saturated heterocycles. The van der Waals surface area contributed by atoms with Crippen LogP contribution in [-0.2, 0) is 0 Å². The Morgan fingerprint density at radius 3 is 2.83 bits per heavy atom. The lowest BCUT2D eigenvalue weighted by atomic mass is 10.2. The van der Waals surface area contributed by atoms with E-state index in [-0.39, 0.29) is 0 Å². The molecule has 0 bridgehead atoms. The number of aliphatic imine (C=N–C) groups is 1. The third-order valence-electron chi connectivity index (χ3n) is 3.95. The van der Waals surface area contributed by atoms with Crippen LogP contribution < -0.4 is 11.1 Å². The monoisotopic (exact) mass is 385 g/mol. The molecule has 0 radical (unpaired) electrons. The van der Waals surface area contributed by atoms with Gasteiger partial charge in [0.1, 0.15) is 5.84 Å². The van der Waals surface area contributed by atoms with Crippen LogP contribution in [0.2, 0.25) is 0 Å². The second-order valence-electron chi connectivity index (χ2n) is 6.00. The highest BCUT2D eigenvalue weighted by Gasteiger charge is 2.22. The maximum absolute atomic E-state index is 6.04. The number of allylic oxidation sites excluding steroid dienone is 1. The lowest BCUT2D eigenvalue weighted by Crippen LogP contribution is -2.09. The molecule has 1 heterocycles. The third kappa shape index (κ3) is 4.20. The van der Waals surface area contributed by atoms with Gasteiger partial charge in [0.2, 0.25) is 5.95 Å². The van der Waals surface area contributed by atoms with E-state index in [0.717, 1.165) is 11.3 Å². The molecule has 3 rings (SSSR count). The van der Waals surface area contributed by atoms with Gasteiger partial charge in [0.15, 0.2) is 5.82 Å². The van der Waals surface area contributed by atoms with Gasteiger partial charge in [-0.05, 0) is 66.2 Å². The van der Waals surface area contributed by atoms with Crippen LogP contribution in [-0.4, -0.2) is 15.8 Å². The fourth-order valence-corrected chi connectivity index (χ4v) is 2.65. The lowest BCUT2D eigenvalue weighted by Gasteiger charge is -2.08. The summed E-state index contributed by atoms with van der Waals surface area (Å²) in [6.07, 6.45) is 6.10. The van der Waals surface area contributed by atoms with Crippen LogP contribution in [0.25, 0.3) is 0 Å². The number of aryl methyl sites for hydroxylation is 1. The van der Waals surface area contributed by atoms with Crippen LogP contribution in [0.1, 0.15) is 25.3 Å². The predicted molar refractivity (Wildman–Crippen MR) is 102 cm³/mol. The lowest BCUT2D eigenvalue weighted by molar-refractivity contribution is 1.01. The van der Waals surface area contributed by atoms with Gasteiger partial charge < -0.3 is 11.1 Å². The van der Waals surface area contributed by atoms with Crippen molar-refractivity contribution in [2.24, 2.45) is 16.6 Å². The summed E-state index contributed by atoms with van der Waals surface area (Å²) in [6, 6.07) is 7.98. The normalized spacial score (nSPS) is 15.5. The van der Waals surface area contributed by atoms with Crippen LogP contribution in [0.3, 0.4) is 0 Å². The van der Waals surface area contributed by atoms with E-state index < -0.39 is 0 Å². The van der Waals surface area contributed by atoms with E-state index >= 15 is 0 Å². The van der Waals surface area contributed by atoms with Gasteiger partial charge in [0, 0.05) is 11.9 Å². The van der Waals surface area contributed by atoms with Crippen molar-refractivity contribution in [3.63, 3.8) is 0 Å². The van der Waals surface area contributed by atoms with Gasteiger partial charge in [-0.15, -0.1) is 0 Å². The molecule has 0 spiro atoms. The zero-order valence-corrected chi connectivity index (χ0v) is 15.3. The number of aromatic nitrogens is 2. The van der Waals surface area contributed by atoms with E-state index in [1.54, 1.807) is 6.20 Å². The van der Waals surface area contributed by atoms with E-state index in [1.807, 2.05) is 37.3 Å². The Labute approximate surface area is 150 Å². The highest BCUT2D eigenvalue weighted by atomic mass is 79.9. The Morgan fingerprint density at radius 2 is 2.12 bits per heavy atom. The van der Waals surface area contributed by atoms with E-state index in [9.17, 15) is 0 Å². The molecule has 0 amide bonds. The predicted octanol–water partition coefficient (Wildman–Crippen LogP) is 4.64. The fraction of sp³-hybridized carbons (Fsp3) is 0.278. The summed E-state index contributed by atoms with van der Waals surface area (Å²) >= 11 is 3.43. The number of nitrogens with zero attached hydrogens (tertiary/aromatic N) is 3. The summed E-state index contributed by atoms with van der Waals surface area (Å²) in [5.41, 5.74) is 9.40. The quantitative estimate of drug-likeness (QED) is 0.580. The number of hydrogen-bond acceptors (Lipinski definition) is 4. The van der Waals surface area contributed by atoms with Crippen LogP contribution in [0.5, 0.6) is 0 Å². The molecular weight excluding hydrogens is 366 g/mol. The first-order valence-corrected chi connectivity index (χ1v) is 8.70. The number of para-hydroxylation sites is 1. The Hall–Kier alpha value is -2.21. The van der Waals surface area contributed by atoms with E-state index in [0.29, 0.717) is 28.0 Å². The third-order valence-corrected chi connectivity index (χ3v) is 4.51. The second kappa shape index (κ2) is 7.13. The van der Waals surface area contributed by atoms with Crippen LogP contribution in [0, 0.1) is 12.8 Å². The number of hydrogen-bond donors (Lipinski definition) is 2. The van der Waals surface area contributed by atoms with E-state index in [2.05, 4.69) is 43.1 Å². The maximum atomic E-state index is 6.04. The highest BCUT2D eigenvalue weighted by molar-refractivity contribution is 9.10. The first kappa shape index (κ1) is 16.6. The minimum absolute atomic E-state index is 0.459. The number of nitrogens with one attached hydrogen (secondary N) is 1. The summed E-state index contributed by atoms with van der Waals surface area (Å²) in [6.45, 7) is 4.13. The Morgan fingerprint density at radius 1 is 1.38 bits per heavy atom. The summed E-state index contributed by atoms with van der Waals surface area (Å²) < 4.78 is 0.707. The van der Waals surface area contributed by atoms with Crippen LogP contribution in [0.4, 0.5) is 17.5 Å². The zero-order valence-electron chi connectivity index (χ0n) is 13.8. The van der Waals surface area contributed by atoms with Crippen molar-refractivity contribution in [3.8, 4) is 0 Å². The molecular formula is C18H20BrN5. The average Bonchev–Trinajstić information content (AvgIpc) is 3.37. The molecule has 1 aliphatic rings. The van der Waals surface area contributed by atoms with Gasteiger partial charge in [0.05, 0.1) is 4.47 Å². The topological polar surface area (TPSA) is 76.2 Å². The summed E-state index contributed by atoms with van der Waals surface area (Å²) in [4.78, 5) is 13.2. The first-order chi connectivity index (χ1) is 11.5. The van der Waals surface area contributed by atoms with Crippen molar-refractivity contribution in [1.29, 1.82) is 0 Å². The number of benzene rings is 1. The van der Waals surface area contributed by atoms with Crippen LogP contribution in [0.15, 0.2) is 51.6 Å². The van der Waals surface area contributed by atoms with Crippen molar-refractivity contribution in [2.75, 3.05) is 5.32 Å². The van der Waals surface area contributed by atoms with E-state index in [1.165, 1.54) is 18.4 Å². The summed E-state index contributed by atoms with van der Waals surface area (Å²) in [5, 5.41) is 3.21. The average molecular weight is 386 g/mol. The standard InChI is InChI=1S/C18H20BrN5/c1-11-5-3-4-6-15(11)22-18-21-10-14(19)17(24-18)23-16(20)9-12(2)13-7-8-13/h3-6,9-10,13H,7-8H2,1-2H3,(H3,20,21,22,23,24)/b12-9+.